The SMILES string of the molecule is CCCCCCCCCCCCCCCC(=O)O[C@H](CCCCCCCCCCC)CC(=O)N[C@H]1C(OC(=O)C[C@H](O)CCCCCCCCCCC)[C@H](O)C(CO[C@@H]2OC(CO)CC(OC(=O)C[C@@H](CCCCCCCCCCC)OC(=O)CCCCCCCCCCC)[C@@H]2NC(=O)C[C@H](O)CCCCCCCCCCC)O[C@@H]1OP(C)(=O)O. The molecule has 2 aliphatic heterocycles. The number of hydrogen-bond donors (Lipinski definition) is 7. The number of ether oxygens (including phenoxy) is 7. The molecule has 22 nitrogen and oxygen atoms in total. The lowest BCUT2D eigenvalue weighted by Crippen LogP contribution is -2.66. The van der Waals surface area contributed by atoms with E-state index in [0.29, 0.717) is 57.8 Å². The van der Waals surface area contributed by atoms with Crippen molar-refractivity contribution in [1.29, 1.82) is 0 Å². The van der Waals surface area contributed by atoms with Crippen molar-refractivity contribution in [3.63, 3.8) is 0 Å². The second-order valence-corrected chi connectivity index (χ2v) is 37.7. The lowest BCUT2D eigenvalue weighted by atomic mass is 9.95. The molecule has 0 aromatic rings. The molecule has 0 aromatic carbocycles. The highest BCUT2D eigenvalue weighted by molar-refractivity contribution is 7.51. The van der Waals surface area contributed by atoms with Crippen molar-refractivity contribution in [2.75, 3.05) is 19.9 Å². The summed E-state index contributed by atoms with van der Waals surface area (Å²) in [5.41, 5.74) is 0. The Morgan fingerprint density at radius 1 is 0.383 bits per heavy atom. The molecule has 2 saturated heterocycles. The fourth-order valence-corrected chi connectivity index (χ4v) is 17.3. The number of carbonyl (C=O) groups is 6. The van der Waals surface area contributed by atoms with Crippen LogP contribution in [-0.4, -0.2) is 160 Å². The summed E-state index contributed by atoms with van der Waals surface area (Å²) in [4.78, 5) is 96.5. The molecule has 2 fully saturated rings. The van der Waals surface area contributed by atoms with Crippen LogP contribution in [0.2, 0.25) is 0 Å². The molecular weight excluding hydrogens is 1540 g/mol. The van der Waals surface area contributed by atoms with Crippen molar-refractivity contribution in [2.24, 2.45) is 0 Å². The third kappa shape index (κ3) is 62.0. The van der Waals surface area contributed by atoms with Crippen LogP contribution in [0.4, 0.5) is 0 Å². The summed E-state index contributed by atoms with van der Waals surface area (Å²) < 4.78 is 63.3. The standard InChI is InChI=1S/C97H183N2O20P/c1-8-14-20-26-32-38-39-40-41-47-53-59-64-70-88(105)113-81(68-62-56-50-44-35-29-23-17-11-4)75-87(104)99-93-95(118-90(107)73-80(102)67-61-55-49-43-34-28-22-16-10-3)94(109)85(117-97(93)119-120(7,110)111)78-112-96-92(98-86(103)72-79(101)66-60-54-48-42-33-27-21-15-9-2)84(74-83(77-100)115-96)116-91(108)76-82(69-63-57-51-45-36-30-24-18-12-5)114-89(106)71-65-58-52-46-37-31-25-19-13-6/h79-85,92-97,100-102,109H,8-78H2,1-7H3,(H,98,103)(H,99,104)(H,110,111)/t79-,80-,81-,82-,83?,84?,85?,92+,93+,94-,95?,96-,97-/m1/s1. The van der Waals surface area contributed by atoms with Crippen molar-refractivity contribution in [1.82, 2.24) is 10.6 Å². The maximum Gasteiger partial charge on any atom is 0.327 e. The van der Waals surface area contributed by atoms with E-state index >= 15 is 0 Å². The van der Waals surface area contributed by atoms with Crippen molar-refractivity contribution >= 4 is 43.3 Å². The van der Waals surface area contributed by atoms with Gasteiger partial charge in [0.05, 0.1) is 57.2 Å². The van der Waals surface area contributed by atoms with Crippen LogP contribution in [0.15, 0.2) is 0 Å². The molecule has 2 rings (SSSR count). The molecule has 0 aliphatic carbocycles. The summed E-state index contributed by atoms with van der Waals surface area (Å²) >= 11 is 0. The maximum atomic E-state index is 14.8. The molecule has 0 aromatic heterocycles. The maximum absolute atomic E-state index is 14.8. The van der Waals surface area contributed by atoms with E-state index in [1.165, 1.54) is 173 Å². The zero-order valence-corrected chi connectivity index (χ0v) is 78.4. The number of carbonyl (C=O) groups excluding carboxylic acids is 6. The van der Waals surface area contributed by atoms with E-state index in [4.69, 9.17) is 37.7 Å². The number of hydrogen-bond acceptors (Lipinski definition) is 19. The quantitative estimate of drug-likeness (QED) is 0.0129. The predicted octanol–water partition coefficient (Wildman–Crippen LogP) is 23.0. The Morgan fingerprint density at radius 3 is 1.07 bits per heavy atom. The van der Waals surface area contributed by atoms with Crippen LogP contribution in [0.5, 0.6) is 0 Å². The third-order valence-corrected chi connectivity index (χ3v) is 24.7. The highest BCUT2D eigenvalue weighted by Gasteiger charge is 2.52. The van der Waals surface area contributed by atoms with Crippen LogP contribution < -0.4 is 10.6 Å². The second-order valence-electron chi connectivity index (χ2n) is 35.9. The summed E-state index contributed by atoms with van der Waals surface area (Å²) in [7, 11) is -4.61. The first-order valence-corrected chi connectivity index (χ1v) is 52.2. The number of rotatable bonds is 84. The normalized spacial score (nSPS) is 20.2. The smallest absolute Gasteiger partial charge is 0.327 e. The van der Waals surface area contributed by atoms with Crippen LogP contribution in [0.3, 0.4) is 0 Å². The van der Waals surface area contributed by atoms with E-state index in [1.807, 2.05) is 0 Å². The van der Waals surface area contributed by atoms with Crippen LogP contribution in [-0.2, 0) is 71.0 Å². The Balaban J connectivity index is 2.63. The zero-order chi connectivity index (χ0) is 87.7. The molecule has 120 heavy (non-hydrogen) atoms. The highest BCUT2D eigenvalue weighted by Crippen LogP contribution is 2.42. The van der Waals surface area contributed by atoms with Gasteiger partial charge in [-0.05, 0) is 51.4 Å². The van der Waals surface area contributed by atoms with Gasteiger partial charge in [0, 0.05) is 25.9 Å². The van der Waals surface area contributed by atoms with E-state index in [2.05, 4.69) is 52.2 Å². The summed E-state index contributed by atoms with van der Waals surface area (Å²) in [6, 6.07) is -3.05. The molecule has 0 saturated carbocycles. The van der Waals surface area contributed by atoms with Gasteiger partial charge in [0.15, 0.2) is 18.7 Å². The van der Waals surface area contributed by atoms with Crippen LogP contribution >= 0.6 is 7.60 Å². The molecule has 0 radical (unpaired) electrons. The number of esters is 4. The van der Waals surface area contributed by atoms with E-state index in [9.17, 15) is 58.7 Å². The number of aliphatic hydroxyl groups excluding tert-OH is 4. The van der Waals surface area contributed by atoms with Gasteiger partial charge < -0.3 is 69.1 Å². The molecule has 706 valence electrons. The summed E-state index contributed by atoms with van der Waals surface area (Å²) in [6.07, 6.45) is 47.6. The van der Waals surface area contributed by atoms with Crippen molar-refractivity contribution in [2.45, 2.75) is 564 Å². The molecule has 23 heteroatoms. The first-order chi connectivity index (χ1) is 58.2. The van der Waals surface area contributed by atoms with Crippen LogP contribution in [0.25, 0.3) is 0 Å². The fourth-order valence-electron chi connectivity index (χ4n) is 16.7. The number of nitrogens with one attached hydrogen (secondary N) is 2. The van der Waals surface area contributed by atoms with Crippen molar-refractivity contribution in [3.8, 4) is 0 Å². The lowest BCUT2D eigenvalue weighted by Gasteiger charge is -2.45. The zero-order valence-electron chi connectivity index (χ0n) is 77.5. The average Bonchev–Trinajstić information content (AvgIpc) is 0.791. The van der Waals surface area contributed by atoms with Gasteiger partial charge in [0.2, 0.25) is 11.8 Å². The minimum atomic E-state index is -4.61. The Morgan fingerprint density at radius 2 is 0.700 bits per heavy atom. The molecule has 0 spiro atoms. The second kappa shape index (κ2) is 76.9. The largest absolute Gasteiger partial charge is 0.462 e. The first-order valence-electron chi connectivity index (χ1n) is 50.1. The van der Waals surface area contributed by atoms with Crippen molar-refractivity contribution < 1.29 is 96.3 Å². The average molecular weight is 1730 g/mol. The van der Waals surface area contributed by atoms with E-state index in [-0.39, 0.29) is 44.9 Å². The number of unbranched alkanes of at least 4 members (excludes halogenated alkanes) is 52. The van der Waals surface area contributed by atoms with Gasteiger partial charge in [-0.3, -0.25) is 37.9 Å². The lowest BCUT2D eigenvalue weighted by molar-refractivity contribution is -0.283. The van der Waals surface area contributed by atoms with E-state index in [0.717, 1.165) is 167 Å². The Labute approximate surface area is 730 Å². The minimum absolute atomic E-state index is 0.140. The molecule has 2 aliphatic rings. The molecule has 2 amide bonds. The molecule has 2 heterocycles. The third-order valence-electron chi connectivity index (χ3n) is 24.1. The van der Waals surface area contributed by atoms with Gasteiger partial charge in [0.25, 0.3) is 0 Å². The van der Waals surface area contributed by atoms with Gasteiger partial charge in [-0.15, -0.1) is 0 Å². The fraction of sp³-hybridized carbons (Fsp3) is 0.938. The van der Waals surface area contributed by atoms with Gasteiger partial charge in [0.1, 0.15) is 42.6 Å². The van der Waals surface area contributed by atoms with Gasteiger partial charge in [-0.2, -0.15) is 0 Å². The highest BCUT2D eigenvalue weighted by atomic mass is 31.2. The Hall–Kier alpha value is -3.31. The van der Waals surface area contributed by atoms with Gasteiger partial charge >= 0.3 is 31.5 Å². The monoisotopic (exact) mass is 1730 g/mol. The first kappa shape index (κ1) is 113. The molecule has 7 N–H and O–H groups in total. The molecular formula is C97H183N2O20P. The van der Waals surface area contributed by atoms with Crippen LogP contribution in [0.1, 0.15) is 485 Å². The minimum Gasteiger partial charge on any atom is -0.462 e. The Bertz CT molecular complexity index is 2510. The molecule has 14 atom stereocenters. The number of amides is 2. The summed E-state index contributed by atoms with van der Waals surface area (Å²) in [5, 5.41) is 52.0. The molecule has 0 bridgehead atoms. The topological polar surface area (TPSA) is 319 Å². The molecule has 5 unspecified atom stereocenters. The van der Waals surface area contributed by atoms with E-state index in [1.54, 1.807) is 0 Å². The van der Waals surface area contributed by atoms with Crippen molar-refractivity contribution in [3.05, 3.63) is 0 Å². The Kier molecular flexibility index (Phi) is 72.2. The summed E-state index contributed by atoms with van der Waals surface area (Å²) in [5.74, 6) is -3.90. The van der Waals surface area contributed by atoms with Gasteiger partial charge in [-0.25, -0.2) is 0 Å². The van der Waals surface area contributed by atoms with E-state index < -0.39 is 143 Å². The summed E-state index contributed by atoms with van der Waals surface area (Å²) in [6.45, 7) is 12.8. The van der Waals surface area contributed by atoms with Crippen LogP contribution in [0, 0.1) is 0 Å². The van der Waals surface area contributed by atoms with Gasteiger partial charge in [-0.1, -0.05) is 388 Å². The number of aliphatic hydroxyl groups is 4. The predicted molar refractivity (Wildman–Crippen MR) is 481 cm³/mol.